The van der Waals surface area contributed by atoms with Crippen LogP contribution in [0.5, 0.6) is 5.75 Å². The van der Waals surface area contributed by atoms with Gasteiger partial charge in [-0.3, -0.25) is 0 Å². The van der Waals surface area contributed by atoms with Crippen molar-refractivity contribution in [1.82, 2.24) is 4.57 Å². The van der Waals surface area contributed by atoms with E-state index in [9.17, 15) is 4.79 Å². The molecule has 0 aliphatic rings. The van der Waals surface area contributed by atoms with Crippen molar-refractivity contribution in [2.75, 3.05) is 6.61 Å². The quantitative estimate of drug-likeness (QED) is 0.260. The van der Waals surface area contributed by atoms with E-state index in [0.29, 0.717) is 17.2 Å². The maximum atomic E-state index is 11.1. The summed E-state index contributed by atoms with van der Waals surface area (Å²) in [6.07, 6.45) is 2.77. The minimum atomic E-state index is -1.00. The average Bonchev–Trinajstić information content (AvgIpc) is 3.21. The summed E-state index contributed by atoms with van der Waals surface area (Å²) in [5.74, 6) is -0.424. The van der Waals surface area contributed by atoms with E-state index < -0.39 is 5.97 Å². The monoisotopic (exact) mass is 481 g/mol. The van der Waals surface area contributed by atoms with Crippen molar-refractivity contribution < 1.29 is 14.6 Å². The van der Waals surface area contributed by atoms with E-state index in [1.165, 1.54) is 11.1 Å². The second kappa shape index (κ2) is 10.1. The molecule has 4 nitrogen and oxygen atoms in total. The molecule has 0 spiro atoms. The van der Waals surface area contributed by atoms with Crippen molar-refractivity contribution in [2.24, 2.45) is 0 Å². The highest BCUT2D eigenvalue weighted by molar-refractivity contribution is 6.31. The summed E-state index contributed by atoms with van der Waals surface area (Å²) in [7, 11) is 0. The lowest BCUT2D eigenvalue weighted by molar-refractivity contribution is -0.139. The van der Waals surface area contributed by atoms with Crippen molar-refractivity contribution in [3.05, 3.63) is 137 Å². The third-order valence-electron chi connectivity index (χ3n) is 6.09. The normalized spacial score (nSPS) is 11.1. The summed E-state index contributed by atoms with van der Waals surface area (Å²) < 4.78 is 7.85. The highest BCUT2D eigenvalue weighted by atomic mass is 35.5. The zero-order valence-corrected chi connectivity index (χ0v) is 19.7. The fraction of sp³-hybridized carbons (Fsp3) is 0.100. The molecule has 5 aromatic rings. The summed E-state index contributed by atoms with van der Waals surface area (Å²) in [4.78, 5) is 11.1. The Morgan fingerprint density at radius 1 is 0.829 bits per heavy atom. The third kappa shape index (κ3) is 4.93. The molecule has 35 heavy (non-hydrogen) atoms. The van der Waals surface area contributed by atoms with Gasteiger partial charge in [-0.15, -0.1) is 0 Å². The van der Waals surface area contributed by atoms with E-state index in [1.54, 1.807) is 0 Å². The topological polar surface area (TPSA) is 51.5 Å². The fourth-order valence-electron chi connectivity index (χ4n) is 4.57. The largest absolute Gasteiger partial charge is 0.482 e. The lowest BCUT2D eigenvalue weighted by Crippen LogP contribution is -2.11. The number of halogens is 1. The SMILES string of the molecule is O=C(O)COc1ccccc1Cc1cn(C(c2ccccc2)c2ccccc2)c2cc(Cl)ccc12. The molecule has 1 heterocycles. The molecule has 174 valence electrons. The molecule has 0 saturated heterocycles. The Bertz CT molecular complexity index is 1420. The van der Waals surface area contributed by atoms with E-state index in [2.05, 4.69) is 65.4 Å². The average molecular weight is 482 g/mol. The lowest BCUT2D eigenvalue weighted by atomic mass is 9.98. The van der Waals surface area contributed by atoms with E-state index in [4.69, 9.17) is 21.4 Å². The van der Waals surface area contributed by atoms with Crippen LogP contribution in [0.15, 0.2) is 109 Å². The highest BCUT2D eigenvalue weighted by Crippen LogP contribution is 2.35. The maximum Gasteiger partial charge on any atom is 0.341 e. The van der Waals surface area contributed by atoms with Gasteiger partial charge < -0.3 is 14.4 Å². The first-order valence-corrected chi connectivity index (χ1v) is 11.8. The second-order valence-electron chi connectivity index (χ2n) is 8.41. The molecule has 0 saturated carbocycles. The molecular formula is C30H24ClNO3. The Morgan fingerprint density at radius 3 is 2.11 bits per heavy atom. The van der Waals surface area contributed by atoms with Gasteiger partial charge in [-0.1, -0.05) is 96.5 Å². The molecular weight excluding hydrogens is 458 g/mol. The van der Waals surface area contributed by atoms with Crippen LogP contribution in [0, 0.1) is 0 Å². The Hall–Kier alpha value is -4.02. The number of carboxylic acid groups (broad SMARTS) is 1. The molecule has 0 unspecified atom stereocenters. The molecule has 1 N–H and O–H groups in total. The van der Waals surface area contributed by atoms with Crippen LogP contribution in [0.4, 0.5) is 0 Å². The van der Waals surface area contributed by atoms with Crippen LogP contribution in [-0.2, 0) is 11.2 Å². The minimum Gasteiger partial charge on any atom is -0.482 e. The number of aliphatic carboxylic acids is 1. The maximum absolute atomic E-state index is 11.1. The van der Waals surface area contributed by atoms with Crippen LogP contribution in [0.25, 0.3) is 10.9 Å². The van der Waals surface area contributed by atoms with E-state index in [-0.39, 0.29) is 12.6 Å². The van der Waals surface area contributed by atoms with Gasteiger partial charge in [-0.2, -0.15) is 0 Å². The number of carboxylic acids is 1. The first kappa shape index (κ1) is 22.8. The molecule has 0 aliphatic heterocycles. The van der Waals surface area contributed by atoms with Crippen molar-refractivity contribution in [3.8, 4) is 5.75 Å². The van der Waals surface area contributed by atoms with Crippen LogP contribution in [0.3, 0.4) is 0 Å². The van der Waals surface area contributed by atoms with Gasteiger partial charge in [0.1, 0.15) is 5.75 Å². The zero-order valence-electron chi connectivity index (χ0n) is 19.0. The number of rotatable bonds is 8. The fourth-order valence-corrected chi connectivity index (χ4v) is 4.74. The third-order valence-corrected chi connectivity index (χ3v) is 6.33. The summed E-state index contributed by atoms with van der Waals surface area (Å²) in [6.45, 7) is -0.377. The predicted octanol–water partition coefficient (Wildman–Crippen LogP) is 6.99. The van der Waals surface area contributed by atoms with Gasteiger partial charge in [-0.05, 0) is 40.5 Å². The Labute approximate surface area is 209 Å². The van der Waals surface area contributed by atoms with Crippen molar-refractivity contribution in [3.63, 3.8) is 0 Å². The molecule has 4 aromatic carbocycles. The lowest BCUT2D eigenvalue weighted by Gasteiger charge is -2.21. The molecule has 0 amide bonds. The van der Waals surface area contributed by atoms with Crippen molar-refractivity contribution in [1.29, 1.82) is 0 Å². The van der Waals surface area contributed by atoms with Gasteiger partial charge in [0, 0.05) is 23.0 Å². The number of fused-ring (bicyclic) bond motifs is 1. The Kier molecular flexibility index (Phi) is 6.55. The first-order chi connectivity index (χ1) is 17.1. The van der Waals surface area contributed by atoms with Crippen LogP contribution < -0.4 is 4.74 Å². The molecule has 0 fully saturated rings. The van der Waals surface area contributed by atoms with Crippen molar-refractivity contribution >= 4 is 28.5 Å². The van der Waals surface area contributed by atoms with Gasteiger partial charge in [0.15, 0.2) is 6.61 Å². The number of hydrogen-bond donors (Lipinski definition) is 1. The number of ether oxygens (including phenoxy) is 1. The summed E-state index contributed by atoms with van der Waals surface area (Å²) in [5.41, 5.74) is 5.42. The number of carbonyl (C=O) groups is 1. The van der Waals surface area contributed by atoms with Gasteiger partial charge >= 0.3 is 5.97 Å². The molecule has 5 rings (SSSR count). The Morgan fingerprint density at radius 2 is 1.46 bits per heavy atom. The second-order valence-corrected chi connectivity index (χ2v) is 8.85. The highest BCUT2D eigenvalue weighted by Gasteiger charge is 2.21. The molecule has 0 radical (unpaired) electrons. The number of nitrogens with zero attached hydrogens (tertiary/aromatic N) is 1. The van der Waals surface area contributed by atoms with Gasteiger partial charge in [0.05, 0.1) is 11.6 Å². The molecule has 0 bridgehead atoms. The number of hydrogen-bond acceptors (Lipinski definition) is 2. The van der Waals surface area contributed by atoms with Crippen LogP contribution in [-0.4, -0.2) is 22.2 Å². The van der Waals surface area contributed by atoms with E-state index >= 15 is 0 Å². The van der Waals surface area contributed by atoms with Gasteiger partial charge in [0.2, 0.25) is 0 Å². The minimum absolute atomic E-state index is 0.0365. The molecule has 5 heteroatoms. The zero-order chi connectivity index (χ0) is 24.2. The van der Waals surface area contributed by atoms with Crippen LogP contribution in [0.1, 0.15) is 28.3 Å². The van der Waals surface area contributed by atoms with Gasteiger partial charge in [-0.25, -0.2) is 4.79 Å². The van der Waals surface area contributed by atoms with E-state index in [1.807, 2.05) is 48.5 Å². The number of para-hydroxylation sites is 1. The van der Waals surface area contributed by atoms with Crippen molar-refractivity contribution in [2.45, 2.75) is 12.5 Å². The van der Waals surface area contributed by atoms with Crippen LogP contribution >= 0.6 is 11.6 Å². The molecule has 0 aliphatic carbocycles. The predicted molar refractivity (Wildman–Crippen MR) is 139 cm³/mol. The van der Waals surface area contributed by atoms with Gasteiger partial charge in [0.25, 0.3) is 0 Å². The van der Waals surface area contributed by atoms with E-state index in [0.717, 1.165) is 22.0 Å². The molecule has 1 aromatic heterocycles. The first-order valence-electron chi connectivity index (χ1n) is 11.4. The smallest absolute Gasteiger partial charge is 0.341 e. The summed E-state index contributed by atoms with van der Waals surface area (Å²) >= 11 is 6.46. The number of benzene rings is 4. The Balaban J connectivity index is 1.65. The standard InChI is InChI=1S/C30H24ClNO3/c31-25-15-16-26-24(17-23-13-7-8-14-28(23)35-20-29(33)34)19-32(27(26)18-25)30(21-9-3-1-4-10-21)22-11-5-2-6-12-22/h1-16,18-19,30H,17,20H2,(H,33,34). The molecule has 0 atom stereocenters. The number of aromatic nitrogens is 1. The summed E-state index contributed by atoms with van der Waals surface area (Å²) in [5, 5.41) is 10.8. The van der Waals surface area contributed by atoms with Crippen LogP contribution in [0.2, 0.25) is 5.02 Å². The summed E-state index contributed by atoms with van der Waals surface area (Å²) in [6, 6.07) is 34.3.